The topological polar surface area (TPSA) is 26.3 Å². The summed E-state index contributed by atoms with van der Waals surface area (Å²) in [6.45, 7) is 2.36. The van der Waals surface area contributed by atoms with Crippen LogP contribution in [0.15, 0.2) is 42.5 Å². The SMILES string of the molecule is CC(=O)c1ccc(-c2ccc3c(c2)OCC3)cc1. The Kier molecular flexibility index (Phi) is 2.63. The number of fused-ring (bicyclic) bond motifs is 1. The van der Waals surface area contributed by atoms with Crippen LogP contribution in [-0.2, 0) is 6.42 Å². The molecule has 2 aromatic carbocycles. The van der Waals surface area contributed by atoms with Gasteiger partial charge in [0.2, 0.25) is 0 Å². The molecule has 2 aromatic rings. The first-order valence-electron chi connectivity index (χ1n) is 6.11. The molecule has 0 N–H and O–H groups in total. The Morgan fingerprint density at radius 2 is 1.78 bits per heavy atom. The first-order valence-corrected chi connectivity index (χ1v) is 6.11. The molecule has 0 atom stereocenters. The maximum Gasteiger partial charge on any atom is 0.159 e. The molecule has 18 heavy (non-hydrogen) atoms. The Bertz CT molecular complexity index is 597. The minimum Gasteiger partial charge on any atom is -0.493 e. The van der Waals surface area contributed by atoms with Crippen molar-refractivity contribution in [3.8, 4) is 16.9 Å². The van der Waals surface area contributed by atoms with Crippen molar-refractivity contribution in [2.24, 2.45) is 0 Å². The minimum absolute atomic E-state index is 0.0961. The Morgan fingerprint density at radius 1 is 1.06 bits per heavy atom. The van der Waals surface area contributed by atoms with Crippen molar-refractivity contribution in [1.29, 1.82) is 0 Å². The van der Waals surface area contributed by atoms with E-state index in [1.807, 2.05) is 24.3 Å². The normalized spacial score (nSPS) is 12.9. The third kappa shape index (κ3) is 1.90. The minimum atomic E-state index is 0.0961. The Labute approximate surface area is 106 Å². The highest BCUT2D eigenvalue weighted by Crippen LogP contribution is 2.31. The van der Waals surface area contributed by atoms with Crippen LogP contribution in [0, 0.1) is 0 Å². The molecule has 0 aliphatic carbocycles. The lowest BCUT2D eigenvalue weighted by molar-refractivity contribution is 0.101. The van der Waals surface area contributed by atoms with E-state index in [1.165, 1.54) is 5.56 Å². The second-order valence-electron chi connectivity index (χ2n) is 4.55. The van der Waals surface area contributed by atoms with Crippen LogP contribution in [0.1, 0.15) is 22.8 Å². The fourth-order valence-electron chi connectivity index (χ4n) is 2.24. The van der Waals surface area contributed by atoms with Crippen LogP contribution in [0.4, 0.5) is 0 Å². The Balaban J connectivity index is 1.97. The van der Waals surface area contributed by atoms with Crippen LogP contribution < -0.4 is 4.74 Å². The van der Waals surface area contributed by atoms with E-state index in [9.17, 15) is 4.79 Å². The van der Waals surface area contributed by atoms with E-state index < -0.39 is 0 Å². The lowest BCUT2D eigenvalue weighted by Gasteiger charge is -2.05. The maximum atomic E-state index is 11.2. The van der Waals surface area contributed by atoms with Gasteiger partial charge in [-0.1, -0.05) is 36.4 Å². The molecule has 0 saturated carbocycles. The first kappa shape index (κ1) is 11.0. The van der Waals surface area contributed by atoms with Crippen LogP contribution in [0.25, 0.3) is 11.1 Å². The third-order valence-electron chi connectivity index (χ3n) is 3.32. The van der Waals surface area contributed by atoms with Crippen molar-refractivity contribution < 1.29 is 9.53 Å². The fraction of sp³-hybridized carbons (Fsp3) is 0.188. The molecule has 0 amide bonds. The summed E-state index contributed by atoms with van der Waals surface area (Å²) in [7, 11) is 0. The van der Waals surface area contributed by atoms with Gasteiger partial charge >= 0.3 is 0 Å². The zero-order chi connectivity index (χ0) is 12.5. The predicted molar refractivity (Wildman–Crippen MR) is 71.1 cm³/mol. The van der Waals surface area contributed by atoms with Gasteiger partial charge in [-0.25, -0.2) is 0 Å². The zero-order valence-corrected chi connectivity index (χ0v) is 10.3. The van der Waals surface area contributed by atoms with Gasteiger partial charge in [-0.3, -0.25) is 4.79 Å². The summed E-state index contributed by atoms with van der Waals surface area (Å²) >= 11 is 0. The number of Topliss-reactive ketones (excluding diaryl/α,β-unsaturated/α-hetero) is 1. The molecule has 0 spiro atoms. The molecule has 0 radical (unpaired) electrons. The van der Waals surface area contributed by atoms with Crippen molar-refractivity contribution >= 4 is 5.78 Å². The monoisotopic (exact) mass is 238 g/mol. The summed E-state index contributed by atoms with van der Waals surface area (Å²) in [5, 5.41) is 0. The molecule has 1 aliphatic heterocycles. The van der Waals surface area contributed by atoms with Gasteiger partial charge < -0.3 is 4.74 Å². The van der Waals surface area contributed by atoms with Crippen molar-refractivity contribution in [2.45, 2.75) is 13.3 Å². The van der Waals surface area contributed by atoms with Gasteiger partial charge in [-0.2, -0.15) is 0 Å². The fourth-order valence-corrected chi connectivity index (χ4v) is 2.24. The molecule has 0 unspecified atom stereocenters. The third-order valence-corrected chi connectivity index (χ3v) is 3.32. The first-order chi connectivity index (χ1) is 8.74. The van der Waals surface area contributed by atoms with Crippen LogP contribution in [0.5, 0.6) is 5.75 Å². The summed E-state index contributed by atoms with van der Waals surface area (Å²) in [5.74, 6) is 1.09. The number of ether oxygens (including phenoxy) is 1. The van der Waals surface area contributed by atoms with Crippen LogP contribution >= 0.6 is 0 Å². The highest BCUT2D eigenvalue weighted by Gasteiger charge is 2.12. The van der Waals surface area contributed by atoms with Gasteiger partial charge in [0.25, 0.3) is 0 Å². The molecule has 1 heterocycles. The van der Waals surface area contributed by atoms with Gasteiger partial charge in [-0.05, 0) is 29.7 Å². The number of hydrogen-bond acceptors (Lipinski definition) is 2. The number of benzene rings is 2. The van der Waals surface area contributed by atoms with Crippen LogP contribution in [0.3, 0.4) is 0 Å². The van der Waals surface area contributed by atoms with Gasteiger partial charge in [0.05, 0.1) is 6.61 Å². The number of rotatable bonds is 2. The van der Waals surface area contributed by atoms with Crippen molar-refractivity contribution in [3.05, 3.63) is 53.6 Å². The van der Waals surface area contributed by atoms with E-state index in [2.05, 4.69) is 18.2 Å². The maximum absolute atomic E-state index is 11.2. The second kappa shape index (κ2) is 4.30. The summed E-state index contributed by atoms with van der Waals surface area (Å²) in [6, 6.07) is 14.0. The molecule has 0 bridgehead atoms. The van der Waals surface area contributed by atoms with E-state index in [1.54, 1.807) is 6.92 Å². The summed E-state index contributed by atoms with van der Waals surface area (Å²) in [4.78, 5) is 11.2. The predicted octanol–water partition coefficient (Wildman–Crippen LogP) is 3.49. The molecule has 3 rings (SSSR count). The average molecular weight is 238 g/mol. The van der Waals surface area contributed by atoms with E-state index in [4.69, 9.17) is 4.74 Å². The Hall–Kier alpha value is -2.09. The summed E-state index contributed by atoms with van der Waals surface area (Å²) in [6.07, 6.45) is 0.999. The molecule has 0 fully saturated rings. The molecule has 1 aliphatic rings. The number of carbonyl (C=O) groups excluding carboxylic acids is 1. The van der Waals surface area contributed by atoms with Crippen molar-refractivity contribution in [1.82, 2.24) is 0 Å². The van der Waals surface area contributed by atoms with Gasteiger partial charge in [0, 0.05) is 12.0 Å². The average Bonchev–Trinajstić information content (AvgIpc) is 2.86. The van der Waals surface area contributed by atoms with Gasteiger partial charge in [-0.15, -0.1) is 0 Å². The quantitative estimate of drug-likeness (QED) is 0.748. The van der Waals surface area contributed by atoms with Gasteiger partial charge in [0.15, 0.2) is 5.78 Å². The van der Waals surface area contributed by atoms with E-state index in [0.717, 1.165) is 35.5 Å². The molecular weight excluding hydrogens is 224 g/mol. The number of carbonyl (C=O) groups is 1. The lowest BCUT2D eigenvalue weighted by atomic mass is 10.0. The number of hydrogen-bond donors (Lipinski definition) is 0. The summed E-state index contributed by atoms with van der Waals surface area (Å²) < 4.78 is 5.57. The highest BCUT2D eigenvalue weighted by molar-refractivity contribution is 5.94. The summed E-state index contributed by atoms with van der Waals surface area (Å²) in [5.41, 5.74) is 4.26. The van der Waals surface area contributed by atoms with Crippen molar-refractivity contribution in [3.63, 3.8) is 0 Å². The molecule has 0 aromatic heterocycles. The van der Waals surface area contributed by atoms with Crippen LogP contribution in [-0.4, -0.2) is 12.4 Å². The number of ketones is 1. The molecule has 0 saturated heterocycles. The molecule has 2 nitrogen and oxygen atoms in total. The Morgan fingerprint density at radius 3 is 2.50 bits per heavy atom. The highest BCUT2D eigenvalue weighted by atomic mass is 16.5. The molecule has 90 valence electrons. The molecule has 2 heteroatoms. The zero-order valence-electron chi connectivity index (χ0n) is 10.3. The lowest BCUT2D eigenvalue weighted by Crippen LogP contribution is -1.91. The second-order valence-corrected chi connectivity index (χ2v) is 4.55. The van der Waals surface area contributed by atoms with E-state index >= 15 is 0 Å². The largest absolute Gasteiger partial charge is 0.493 e. The van der Waals surface area contributed by atoms with E-state index in [-0.39, 0.29) is 5.78 Å². The van der Waals surface area contributed by atoms with Crippen LogP contribution in [0.2, 0.25) is 0 Å². The molecular formula is C16H14O2. The smallest absolute Gasteiger partial charge is 0.159 e. The van der Waals surface area contributed by atoms with Gasteiger partial charge in [0.1, 0.15) is 5.75 Å². The standard InChI is InChI=1S/C16H14O2/c1-11(17)12-2-4-13(5-3-12)15-7-6-14-8-9-18-16(14)10-15/h2-7,10H,8-9H2,1H3. The van der Waals surface area contributed by atoms with Crippen molar-refractivity contribution in [2.75, 3.05) is 6.61 Å². The van der Waals surface area contributed by atoms with E-state index in [0.29, 0.717) is 0 Å².